The van der Waals surface area contributed by atoms with Gasteiger partial charge in [0.15, 0.2) is 0 Å². The van der Waals surface area contributed by atoms with Crippen molar-refractivity contribution in [3.05, 3.63) is 17.5 Å². The highest BCUT2D eigenvalue weighted by molar-refractivity contribution is 5.21. The predicted molar refractivity (Wildman–Crippen MR) is 66.7 cm³/mol. The van der Waals surface area contributed by atoms with E-state index in [1.807, 2.05) is 18.7 Å². The Morgan fingerprint density at radius 3 is 2.94 bits per heavy atom. The maximum absolute atomic E-state index is 5.96. The van der Waals surface area contributed by atoms with Crippen LogP contribution in [0.2, 0.25) is 0 Å². The minimum absolute atomic E-state index is 0.252. The molecule has 1 aliphatic heterocycles. The summed E-state index contributed by atoms with van der Waals surface area (Å²) in [4.78, 5) is 2.42. The Balaban J connectivity index is 2.23. The predicted octanol–water partition coefficient (Wildman–Crippen LogP) is 0.449. The van der Waals surface area contributed by atoms with Crippen LogP contribution in [0.5, 0.6) is 0 Å². The first-order valence-electron chi connectivity index (χ1n) is 6.17. The molecule has 1 aliphatic rings. The number of morpholine rings is 1. The molecule has 1 aromatic heterocycles. The largest absolute Gasteiger partial charge is 0.379 e. The van der Waals surface area contributed by atoms with Crippen molar-refractivity contribution >= 4 is 0 Å². The third-order valence-corrected chi connectivity index (χ3v) is 3.45. The Labute approximate surface area is 103 Å². The summed E-state index contributed by atoms with van der Waals surface area (Å²) in [7, 11) is 1.95. The molecule has 2 heterocycles. The van der Waals surface area contributed by atoms with Crippen molar-refractivity contribution in [1.82, 2.24) is 14.7 Å². The molecule has 1 saturated heterocycles. The summed E-state index contributed by atoms with van der Waals surface area (Å²) in [6, 6.07) is 0.666. The van der Waals surface area contributed by atoms with Crippen LogP contribution >= 0.6 is 0 Å². The van der Waals surface area contributed by atoms with E-state index in [1.165, 1.54) is 5.56 Å². The van der Waals surface area contributed by atoms with Gasteiger partial charge in [-0.25, -0.2) is 0 Å². The summed E-state index contributed by atoms with van der Waals surface area (Å²) in [6.07, 6.45) is 2.08. The summed E-state index contributed by atoms with van der Waals surface area (Å²) >= 11 is 0. The first-order chi connectivity index (χ1) is 8.13. The molecule has 5 nitrogen and oxygen atoms in total. The monoisotopic (exact) mass is 238 g/mol. The van der Waals surface area contributed by atoms with Crippen LogP contribution in [0.4, 0.5) is 0 Å². The minimum Gasteiger partial charge on any atom is -0.379 e. The number of aryl methyl sites for hydroxylation is 2. The molecular formula is C12H22N4O. The Hall–Kier alpha value is -0.910. The summed E-state index contributed by atoms with van der Waals surface area (Å²) in [6.45, 7) is 7.38. The number of hydrogen-bond donors (Lipinski definition) is 1. The summed E-state index contributed by atoms with van der Waals surface area (Å²) in [5.41, 5.74) is 8.27. The topological polar surface area (TPSA) is 56.3 Å². The van der Waals surface area contributed by atoms with Gasteiger partial charge in [0.2, 0.25) is 0 Å². The van der Waals surface area contributed by atoms with Crippen molar-refractivity contribution in [2.75, 3.05) is 26.3 Å². The fourth-order valence-electron chi connectivity index (χ4n) is 2.59. The van der Waals surface area contributed by atoms with E-state index >= 15 is 0 Å². The van der Waals surface area contributed by atoms with Crippen LogP contribution in [-0.2, 0) is 11.8 Å². The van der Waals surface area contributed by atoms with Gasteiger partial charge in [-0.3, -0.25) is 9.58 Å². The number of nitrogens with two attached hydrogens (primary N) is 1. The second kappa shape index (κ2) is 5.16. The maximum atomic E-state index is 5.96. The zero-order chi connectivity index (χ0) is 12.4. The van der Waals surface area contributed by atoms with Gasteiger partial charge in [0.25, 0.3) is 0 Å². The second-order valence-electron chi connectivity index (χ2n) is 4.76. The van der Waals surface area contributed by atoms with Gasteiger partial charge in [-0.1, -0.05) is 0 Å². The lowest BCUT2D eigenvalue weighted by Crippen LogP contribution is -2.47. The van der Waals surface area contributed by atoms with Gasteiger partial charge < -0.3 is 10.5 Å². The molecular weight excluding hydrogens is 216 g/mol. The normalized spacial score (nSPS) is 23.9. The van der Waals surface area contributed by atoms with Gasteiger partial charge in [0, 0.05) is 37.9 Å². The summed E-state index contributed by atoms with van der Waals surface area (Å²) in [5, 5.41) is 4.40. The van der Waals surface area contributed by atoms with Gasteiger partial charge >= 0.3 is 0 Å². The van der Waals surface area contributed by atoms with E-state index in [2.05, 4.69) is 23.1 Å². The lowest BCUT2D eigenvalue weighted by atomic mass is 10.0. The zero-order valence-electron chi connectivity index (χ0n) is 10.9. The standard InChI is InChI=1S/C12H22N4O/c1-9-8-17-5-4-16(9)12(6-13)11-7-15(3)14-10(11)2/h7,9,12H,4-6,8,13H2,1-3H3. The molecule has 1 fully saturated rings. The van der Waals surface area contributed by atoms with Crippen molar-refractivity contribution in [3.63, 3.8) is 0 Å². The van der Waals surface area contributed by atoms with E-state index < -0.39 is 0 Å². The van der Waals surface area contributed by atoms with Crippen LogP contribution < -0.4 is 5.73 Å². The quantitative estimate of drug-likeness (QED) is 0.830. The number of aromatic nitrogens is 2. The zero-order valence-corrected chi connectivity index (χ0v) is 10.9. The van der Waals surface area contributed by atoms with Crippen LogP contribution in [0.3, 0.4) is 0 Å². The Bertz CT molecular complexity index is 377. The molecule has 0 saturated carbocycles. The minimum atomic E-state index is 0.252. The number of hydrogen-bond acceptors (Lipinski definition) is 4. The van der Waals surface area contributed by atoms with Crippen molar-refractivity contribution in [2.24, 2.45) is 12.8 Å². The molecule has 96 valence electrons. The Kier molecular flexibility index (Phi) is 3.81. The first kappa shape index (κ1) is 12.5. The second-order valence-corrected chi connectivity index (χ2v) is 4.76. The molecule has 2 rings (SSSR count). The third kappa shape index (κ3) is 2.51. The number of ether oxygens (including phenoxy) is 1. The molecule has 0 amide bonds. The van der Waals surface area contributed by atoms with Gasteiger partial charge in [-0.15, -0.1) is 0 Å². The van der Waals surface area contributed by atoms with Gasteiger partial charge in [0.05, 0.1) is 24.9 Å². The molecule has 0 radical (unpaired) electrons. The van der Waals surface area contributed by atoms with Gasteiger partial charge in [-0.05, 0) is 13.8 Å². The van der Waals surface area contributed by atoms with E-state index in [0.717, 1.165) is 25.5 Å². The Morgan fingerprint density at radius 2 is 2.41 bits per heavy atom. The lowest BCUT2D eigenvalue weighted by molar-refractivity contribution is -0.0210. The highest BCUT2D eigenvalue weighted by Gasteiger charge is 2.28. The van der Waals surface area contributed by atoms with Crippen molar-refractivity contribution in [3.8, 4) is 0 Å². The van der Waals surface area contributed by atoms with E-state index in [1.54, 1.807) is 0 Å². The number of nitrogens with zero attached hydrogens (tertiary/aromatic N) is 3. The molecule has 1 aromatic rings. The van der Waals surface area contributed by atoms with E-state index in [9.17, 15) is 0 Å². The van der Waals surface area contributed by atoms with E-state index in [0.29, 0.717) is 12.6 Å². The average Bonchev–Trinajstić information content (AvgIpc) is 2.62. The molecule has 0 bridgehead atoms. The average molecular weight is 238 g/mol. The van der Waals surface area contributed by atoms with Crippen molar-refractivity contribution < 1.29 is 4.74 Å². The molecule has 0 aliphatic carbocycles. The highest BCUT2D eigenvalue weighted by atomic mass is 16.5. The first-order valence-corrected chi connectivity index (χ1v) is 6.17. The fraction of sp³-hybridized carbons (Fsp3) is 0.750. The van der Waals surface area contributed by atoms with E-state index in [-0.39, 0.29) is 6.04 Å². The Morgan fingerprint density at radius 1 is 1.65 bits per heavy atom. The molecule has 5 heteroatoms. The SMILES string of the molecule is Cc1nn(C)cc1C(CN)N1CCOCC1C. The molecule has 0 aromatic carbocycles. The lowest BCUT2D eigenvalue weighted by Gasteiger charge is -2.38. The smallest absolute Gasteiger partial charge is 0.0641 e. The van der Waals surface area contributed by atoms with Gasteiger partial charge in [-0.2, -0.15) is 5.10 Å². The highest BCUT2D eigenvalue weighted by Crippen LogP contribution is 2.25. The molecule has 0 spiro atoms. The van der Waals surface area contributed by atoms with Crippen molar-refractivity contribution in [1.29, 1.82) is 0 Å². The van der Waals surface area contributed by atoms with Crippen LogP contribution in [-0.4, -0.2) is 47.0 Å². The third-order valence-electron chi connectivity index (χ3n) is 3.45. The number of rotatable bonds is 3. The summed E-state index contributed by atoms with van der Waals surface area (Å²) in [5.74, 6) is 0. The fourth-order valence-corrected chi connectivity index (χ4v) is 2.59. The van der Waals surface area contributed by atoms with Crippen molar-refractivity contribution in [2.45, 2.75) is 25.9 Å². The molecule has 17 heavy (non-hydrogen) atoms. The van der Waals surface area contributed by atoms with Gasteiger partial charge in [0.1, 0.15) is 0 Å². The molecule has 2 N–H and O–H groups in total. The summed E-state index contributed by atoms with van der Waals surface area (Å²) < 4.78 is 7.33. The maximum Gasteiger partial charge on any atom is 0.0641 e. The van der Waals surface area contributed by atoms with Crippen LogP contribution in [0.15, 0.2) is 6.20 Å². The molecule has 2 unspecified atom stereocenters. The molecule has 2 atom stereocenters. The van der Waals surface area contributed by atoms with Crippen LogP contribution in [0.25, 0.3) is 0 Å². The van der Waals surface area contributed by atoms with Crippen LogP contribution in [0.1, 0.15) is 24.2 Å². The van der Waals surface area contributed by atoms with E-state index in [4.69, 9.17) is 10.5 Å². The van der Waals surface area contributed by atoms with Crippen LogP contribution in [0, 0.1) is 6.92 Å².